The van der Waals surface area contributed by atoms with Gasteiger partial charge < -0.3 is 20.3 Å². The van der Waals surface area contributed by atoms with Crippen LogP contribution in [-0.2, 0) is 6.42 Å². The molecule has 1 atom stereocenters. The monoisotopic (exact) mass is 476 g/mol. The molecule has 0 aromatic carbocycles. The standard InChI is InChI=1S/C25H37BN8O/c1-5-6-21(13-26)35-25-30-22(27)24-29-15-20(34(24)31-25)12-19-11-17(2)23(28-14-19)33-9-7-18(8-10-33)16-32(3)4/h11,14-15,18,21H,5-10,12-13,16H2,1-4H3,(H2,27,30,31)/t21-/m1/s1. The predicted molar refractivity (Wildman–Crippen MR) is 140 cm³/mol. The maximum absolute atomic E-state index is 6.15. The molecule has 3 aromatic heterocycles. The topological polar surface area (TPSA) is 97.7 Å². The van der Waals surface area contributed by atoms with Gasteiger partial charge >= 0.3 is 6.01 Å². The first-order valence-corrected chi connectivity index (χ1v) is 12.6. The van der Waals surface area contributed by atoms with Crippen LogP contribution in [0.3, 0.4) is 0 Å². The van der Waals surface area contributed by atoms with E-state index in [2.05, 4.69) is 58.9 Å². The molecule has 9 nitrogen and oxygen atoms in total. The van der Waals surface area contributed by atoms with Gasteiger partial charge in [0.05, 0.1) is 25.8 Å². The van der Waals surface area contributed by atoms with Gasteiger partial charge in [0.2, 0.25) is 0 Å². The molecule has 186 valence electrons. The molecule has 10 heteroatoms. The van der Waals surface area contributed by atoms with E-state index in [1.54, 1.807) is 10.7 Å². The first-order chi connectivity index (χ1) is 16.9. The molecule has 4 heterocycles. The Bertz CT molecular complexity index is 1130. The number of hydrogen-bond acceptors (Lipinski definition) is 8. The van der Waals surface area contributed by atoms with Crippen molar-refractivity contribution < 1.29 is 4.74 Å². The SMILES string of the molecule is [B]C[C@@H](CCC)Oc1nc(N)c2ncc(Cc3cnc(N4CCC(CN(C)C)CC4)c(C)c3)n2n1. The summed E-state index contributed by atoms with van der Waals surface area (Å²) in [6.07, 6.45) is 8.84. The lowest BCUT2D eigenvalue weighted by atomic mass is 9.96. The number of fused-ring (bicyclic) bond motifs is 1. The first kappa shape index (κ1) is 25.2. The number of ether oxygens (including phenoxy) is 1. The summed E-state index contributed by atoms with van der Waals surface area (Å²) >= 11 is 0. The quantitative estimate of drug-likeness (QED) is 0.446. The molecule has 1 fully saturated rings. The van der Waals surface area contributed by atoms with Gasteiger partial charge in [-0.15, -0.1) is 5.10 Å². The van der Waals surface area contributed by atoms with Crippen molar-refractivity contribution in [2.24, 2.45) is 5.92 Å². The Hall–Kier alpha value is -2.88. The highest BCUT2D eigenvalue weighted by Gasteiger charge is 2.22. The minimum Gasteiger partial charge on any atom is -0.460 e. The van der Waals surface area contributed by atoms with Gasteiger partial charge in [-0.05, 0) is 57.3 Å². The number of nitrogen functional groups attached to an aromatic ring is 1. The molecule has 0 aliphatic carbocycles. The van der Waals surface area contributed by atoms with Crippen molar-refractivity contribution in [3.63, 3.8) is 0 Å². The van der Waals surface area contributed by atoms with Gasteiger partial charge in [-0.1, -0.05) is 25.7 Å². The van der Waals surface area contributed by atoms with Gasteiger partial charge in [0.15, 0.2) is 11.5 Å². The molecule has 3 aromatic rings. The Labute approximate surface area is 209 Å². The second-order valence-electron chi connectivity index (χ2n) is 9.88. The lowest BCUT2D eigenvalue weighted by Crippen LogP contribution is -2.37. The fourth-order valence-corrected chi connectivity index (χ4v) is 4.90. The summed E-state index contributed by atoms with van der Waals surface area (Å²) in [4.78, 5) is 18.3. The zero-order valence-electron chi connectivity index (χ0n) is 21.4. The minimum absolute atomic E-state index is 0.142. The second-order valence-corrected chi connectivity index (χ2v) is 9.88. The molecule has 35 heavy (non-hydrogen) atoms. The average molecular weight is 476 g/mol. The summed E-state index contributed by atoms with van der Waals surface area (Å²) in [5.74, 6) is 2.14. The Kier molecular flexibility index (Phi) is 8.10. The molecule has 0 saturated carbocycles. The molecule has 1 aliphatic heterocycles. The largest absolute Gasteiger partial charge is 0.460 e. The van der Waals surface area contributed by atoms with E-state index < -0.39 is 0 Å². The molecule has 2 N–H and O–H groups in total. The Morgan fingerprint density at radius 1 is 1.23 bits per heavy atom. The Morgan fingerprint density at radius 3 is 2.66 bits per heavy atom. The summed E-state index contributed by atoms with van der Waals surface area (Å²) in [6, 6.07) is 2.43. The van der Waals surface area contributed by atoms with Crippen LogP contribution < -0.4 is 15.4 Å². The molecule has 1 saturated heterocycles. The Balaban J connectivity index is 1.48. The number of piperidine rings is 1. The van der Waals surface area contributed by atoms with Crippen LogP contribution in [0.1, 0.15) is 49.4 Å². The van der Waals surface area contributed by atoms with Crippen molar-refractivity contribution in [1.29, 1.82) is 0 Å². The summed E-state index contributed by atoms with van der Waals surface area (Å²) in [5.41, 5.74) is 9.86. The van der Waals surface area contributed by atoms with E-state index in [0.29, 0.717) is 18.4 Å². The van der Waals surface area contributed by atoms with Gasteiger partial charge in [-0.25, -0.2) is 14.5 Å². The smallest absolute Gasteiger partial charge is 0.336 e. The summed E-state index contributed by atoms with van der Waals surface area (Å²) in [6.45, 7) is 7.50. The third-order valence-corrected chi connectivity index (χ3v) is 6.61. The fraction of sp³-hybridized carbons (Fsp3) is 0.600. The van der Waals surface area contributed by atoms with E-state index in [0.717, 1.165) is 55.5 Å². The second kappa shape index (κ2) is 11.2. The maximum Gasteiger partial charge on any atom is 0.336 e. The molecule has 0 bridgehead atoms. The van der Waals surface area contributed by atoms with E-state index in [1.165, 1.54) is 18.4 Å². The van der Waals surface area contributed by atoms with Gasteiger partial charge in [0.1, 0.15) is 5.82 Å². The molecule has 0 amide bonds. The number of imidazole rings is 1. The predicted octanol–water partition coefficient (Wildman–Crippen LogP) is 2.91. The molecule has 0 unspecified atom stereocenters. The number of aryl methyl sites for hydroxylation is 1. The van der Waals surface area contributed by atoms with Gasteiger partial charge in [-0.3, -0.25) is 0 Å². The van der Waals surface area contributed by atoms with Crippen molar-refractivity contribution >= 4 is 25.1 Å². The molecular formula is C25H37BN8O. The van der Waals surface area contributed by atoms with Crippen LogP contribution in [0.4, 0.5) is 11.6 Å². The first-order valence-electron chi connectivity index (χ1n) is 12.6. The van der Waals surface area contributed by atoms with Crippen molar-refractivity contribution in [3.05, 3.63) is 35.3 Å². The van der Waals surface area contributed by atoms with Crippen LogP contribution in [0.5, 0.6) is 6.01 Å². The van der Waals surface area contributed by atoms with Crippen LogP contribution in [0.15, 0.2) is 18.5 Å². The van der Waals surface area contributed by atoms with E-state index in [9.17, 15) is 0 Å². The number of aromatic nitrogens is 5. The number of anilines is 2. The normalized spacial score (nSPS) is 15.7. The van der Waals surface area contributed by atoms with Crippen LogP contribution in [0, 0.1) is 12.8 Å². The van der Waals surface area contributed by atoms with E-state index in [-0.39, 0.29) is 17.9 Å². The number of hydrogen-bond donors (Lipinski definition) is 1. The fourth-order valence-electron chi connectivity index (χ4n) is 4.90. The highest BCUT2D eigenvalue weighted by molar-refractivity contribution is 6.08. The molecule has 4 rings (SSSR count). The molecule has 1 aliphatic rings. The van der Waals surface area contributed by atoms with Crippen LogP contribution in [-0.4, -0.2) is 77.1 Å². The van der Waals surface area contributed by atoms with Crippen molar-refractivity contribution in [1.82, 2.24) is 29.5 Å². The lowest BCUT2D eigenvalue weighted by Gasteiger charge is -2.34. The van der Waals surface area contributed by atoms with E-state index in [4.69, 9.17) is 23.3 Å². The molecular weight excluding hydrogens is 439 g/mol. The summed E-state index contributed by atoms with van der Waals surface area (Å²) in [5, 5.41) is 4.56. The van der Waals surface area contributed by atoms with Crippen molar-refractivity contribution in [3.8, 4) is 6.01 Å². The van der Waals surface area contributed by atoms with Crippen molar-refractivity contribution in [2.45, 2.75) is 58.4 Å². The number of pyridine rings is 1. The van der Waals surface area contributed by atoms with Gasteiger partial charge in [0.25, 0.3) is 0 Å². The van der Waals surface area contributed by atoms with Crippen molar-refractivity contribution in [2.75, 3.05) is 44.4 Å². The van der Waals surface area contributed by atoms with Gasteiger partial charge in [0, 0.05) is 32.3 Å². The lowest BCUT2D eigenvalue weighted by molar-refractivity contribution is 0.190. The van der Waals surface area contributed by atoms with Crippen LogP contribution in [0.2, 0.25) is 6.32 Å². The highest BCUT2D eigenvalue weighted by Crippen LogP contribution is 2.26. The Morgan fingerprint density at radius 2 is 2.00 bits per heavy atom. The van der Waals surface area contributed by atoms with Crippen LogP contribution >= 0.6 is 0 Å². The third kappa shape index (κ3) is 6.04. The zero-order chi connectivity index (χ0) is 24.9. The highest BCUT2D eigenvalue weighted by atomic mass is 16.5. The van der Waals surface area contributed by atoms with Gasteiger partial charge in [-0.2, -0.15) is 4.98 Å². The average Bonchev–Trinajstić information content (AvgIpc) is 3.22. The number of rotatable bonds is 10. The summed E-state index contributed by atoms with van der Waals surface area (Å²) < 4.78 is 7.62. The van der Waals surface area contributed by atoms with E-state index >= 15 is 0 Å². The zero-order valence-corrected chi connectivity index (χ0v) is 21.4. The third-order valence-electron chi connectivity index (χ3n) is 6.61. The summed E-state index contributed by atoms with van der Waals surface area (Å²) in [7, 11) is 10.1. The number of nitrogens with zero attached hydrogens (tertiary/aromatic N) is 7. The van der Waals surface area contributed by atoms with Crippen LogP contribution in [0.25, 0.3) is 5.65 Å². The molecule has 2 radical (unpaired) electrons. The minimum atomic E-state index is -0.142. The van der Waals surface area contributed by atoms with E-state index in [1.807, 2.05) is 6.20 Å². The number of nitrogens with two attached hydrogens (primary N) is 1. The molecule has 0 spiro atoms. The maximum atomic E-state index is 6.15.